The normalized spacial score (nSPS) is 18.8. The van der Waals surface area contributed by atoms with E-state index in [-0.39, 0.29) is 5.41 Å². The number of rotatable bonds is 9. The number of aryl methyl sites for hydroxylation is 1. The van der Waals surface area contributed by atoms with Crippen molar-refractivity contribution >= 4 is 11.9 Å². The molecule has 1 aromatic carbocycles. The first-order valence-corrected chi connectivity index (χ1v) is 11.0. The van der Waals surface area contributed by atoms with Crippen molar-refractivity contribution in [2.75, 3.05) is 27.4 Å². The van der Waals surface area contributed by atoms with Crippen LogP contribution in [0, 0.1) is 12.3 Å². The molecule has 0 amide bonds. The topological polar surface area (TPSA) is 61.1 Å². The first-order valence-electron chi connectivity index (χ1n) is 11.0. The van der Waals surface area contributed by atoms with Crippen molar-refractivity contribution in [3.05, 3.63) is 48.1 Å². The number of methoxy groups -OCH3 is 2. The average Bonchev–Trinajstić information content (AvgIpc) is 3.28. The Kier molecular flexibility index (Phi) is 7.29. The van der Waals surface area contributed by atoms with Gasteiger partial charge in [-0.15, -0.1) is 0 Å². The van der Waals surface area contributed by atoms with E-state index in [1.165, 1.54) is 0 Å². The van der Waals surface area contributed by atoms with Gasteiger partial charge in [0.1, 0.15) is 5.75 Å². The fourth-order valence-electron chi connectivity index (χ4n) is 4.17. The molecule has 0 fully saturated rings. The minimum atomic E-state index is -0.480. The van der Waals surface area contributed by atoms with Gasteiger partial charge in [0.15, 0.2) is 5.84 Å². The summed E-state index contributed by atoms with van der Waals surface area (Å²) in [4.78, 5) is 12.5. The van der Waals surface area contributed by atoms with Crippen LogP contribution in [0.15, 0.2) is 42.0 Å². The Bertz CT molecular complexity index is 974. The van der Waals surface area contributed by atoms with Crippen LogP contribution in [0.25, 0.3) is 11.8 Å². The molecule has 0 N–H and O–H groups in total. The summed E-state index contributed by atoms with van der Waals surface area (Å²) in [7, 11) is 3.41. The SMILES string of the molecule is COCCCN1C(/C=C/c2ccc(-n3cnc(C)c3)c(OC)c2)=NOC1(C)CC(C)(C)C. The Morgan fingerprint density at radius 1 is 1.19 bits per heavy atom. The minimum absolute atomic E-state index is 0.109. The van der Waals surface area contributed by atoms with E-state index in [0.717, 1.165) is 47.9 Å². The molecule has 3 rings (SSSR count). The lowest BCUT2D eigenvalue weighted by Crippen LogP contribution is -2.48. The summed E-state index contributed by atoms with van der Waals surface area (Å²) in [5, 5.41) is 4.43. The predicted molar refractivity (Wildman–Crippen MR) is 128 cm³/mol. The van der Waals surface area contributed by atoms with Gasteiger partial charge in [-0.3, -0.25) is 0 Å². The second-order valence-corrected chi connectivity index (χ2v) is 9.64. The van der Waals surface area contributed by atoms with Crippen molar-refractivity contribution in [2.24, 2.45) is 10.6 Å². The highest BCUT2D eigenvalue weighted by molar-refractivity contribution is 5.97. The number of ether oxygens (including phenoxy) is 2. The first kappa shape index (κ1) is 23.9. The zero-order valence-corrected chi connectivity index (χ0v) is 20.4. The smallest absolute Gasteiger partial charge is 0.209 e. The molecule has 1 aliphatic rings. The number of hydrogen-bond acceptors (Lipinski definition) is 6. The summed E-state index contributed by atoms with van der Waals surface area (Å²) in [6.45, 7) is 12.3. The maximum Gasteiger partial charge on any atom is 0.209 e. The van der Waals surface area contributed by atoms with Crippen LogP contribution < -0.4 is 4.74 Å². The molecule has 2 heterocycles. The van der Waals surface area contributed by atoms with Gasteiger partial charge in [-0.25, -0.2) is 4.98 Å². The molecule has 1 aliphatic heterocycles. The van der Waals surface area contributed by atoms with Crippen LogP contribution in [0.1, 0.15) is 51.8 Å². The Labute approximate surface area is 191 Å². The molecule has 0 saturated heterocycles. The van der Waals surface area contributed by atoms with Crippen LogP contribution >= 0.6 is 0 Å². The minimum Gasteiger partial charge on any atom is -0.495 e. The van der Waals surface area contributed by atoms with Crippen LogP contribution in [0.2, 0.25) is 0 Å². The fourth-order valence-corrected chi connectivity index (χ4v) is 4.17. The van der Waals surface area contributed by atoms with Crippen molar-refractivity contribution < 1.29 is 14.3 Å². The van der Waals surface area contributed by atoms with Crippen molar-refractivity contribution in [3.63, 3.8) is 0 Å². The van der Waals surface area contributed by atoms with Crippen LogP contribution in [-0.4, -0.2) is 53.4 Å². The van der Waals surface area contributed by atoms with Gasteiger partial charge in [-0.1, -0.05) is 38.1 Å². The van der Waals surface area contributed by atoms with Gasteiger partial charge in [0, 0.05) is 32.9 Å². The maximum absolute atomic E-state index is 5.97. The van der Waals surface area contributed by atoms with Crippen LogP contribution in [0.3, 0.4) is 0 Å². The molecule has 0 saturated carbocycles. The highest BCUT2D eigenvalue weighted by atomic mass is 16.7. The Balaban J connectivity index is 1.81. The van der Waals surface area contributed by atoms with E-state index < -0.39 is 5.72 Å². The van der Waals surface area contributed by atoms with Gasteiger partial charge < -0.3 is 23.8 Å². The summed E-state index contributed by atoms with van der Waals surface area (Å²) in [5.74, 6) is 1.60. The molecular formula is C25H36N4O3. The molecule has 0 spiro atoms. The Morgan fingerprint density at radius 2 is 1.97 bits per heavy atom. The summed E-state index contributed by atoms with van der Waals surface area (Å²) in [5.41, 5.74) is 2.56. The van der Waals surface area contributed by atoms with E-state index in [0.29, 0.717) is 6.61 Å². The fraction of sp³-hybridized carbons (Fsp3) is 0.520. The van der Waals surface area contributed by atoms with Crippen molar-refractivity contribution in [2.45, 2.75) is 53.2 Å². The van der Waals surface area contributed by atoms with Gasteiger partial charge in [0.05, 0.1) is 24.8 Å². The number of imidazole rings is 1. The molecule has 32 heavy (non-hydrogen) atoms. The number of oxime groups is 1. The van der Waals surface area contributed by atoms with Gasteiger partial charge in [-0.05, 0) is 49.5 Å². The van der Waals surface area contributed by atoms with Crippen LogP contribution in [-0.2, 0) is 9.57 Å². The first-order chi connectivity index (χ1) is 15.1. The van der Waals surface area contributed by atoms with E-state index in [4.69, 9.17) is 14.3 Å². The van der Waals surface area contributed by atoms with Gasteiger partial charge in [0.25, 0.3) is 0 Å². The molecule has 7 nitrogen and oxygen atoms in total. The van der Waals surface area contributed by atoms with Gasteiger partial charge in [-0.2, -0.15) is 0 Å². The molecule has 0 aliphatic carbocycles. The highest BCUT2D eigenvalue weighted by Gasteiger charge is 2.43. The number of hydrogen-bond donors (Lipinski definition) is 0. The van der Waals surface area contributed by atoms with E-state index in [1.54, 1.807) is 20.5 Å². The number of benzene rings is 1. The average molecular weight is 441 g/mol. The van der Waals surface area contributed by atoms with Crippen LogP contribution in [0.4, 0.5) is 0 Å². The lowest BCUT2D eigenvalue weighted by Gasteiger charge is -2.38. The van der Waals surface area contributed by atoms with Gasteiger partial charge in [0.2, 0.25) is 5.72 Å². The molecule has 0 bridgehead atoms. The summed E-state index contributed by atoms with van der Waals surface area (Å²) >= 11 is 0. The van der Waals surface area contributed by atoms with Gasteiger partial charge >= 0.3 is 0 Å². The summed E-state index contributed by atoms with van der Waals surface area (Å²) in [6.07, 6.45) is 9.59. The lowest BCUT2D eigenvalue weighted by molar-refractivity contribution is -0.108. The summed E-state index contributed by atoms with van der Waals surface area (Å²) < 4.78 is 12.9. The zero-order valence-electron chi connectivity index (χ0n) is 20.4. The van der Waals surface area contributed by atoms with Crippen molar-refractivity contribution in [1.82, 2.24) is 14.5 Å². The number of aromatic nitrogens is 2. The second kappa shape index (κ2) is 9.77. The largest absolute Gasteiger partial charge is 0.495 e. The molecule has 0 radical (unpaired) electrons. The third kappa shape index (κ3) is 5.71. The molecular weight excluding hydrogens is 404 g/mol. The molecule has 174 valence electrons. The molecule has 7 heteroatoms. The van der Waals surface area contributed by atoms with E-state index in [1.807, 2.05) is 42.0 Å². The standard InChI is InChI=1S/C25H36N4O3/c1-19-16-28(18-26-19)21-11-9-20(15-22(21)31-7)10-12-23-27-32-25(5,17-24(2,3)4)29(23)13-8-14-30-6/h9-12,15-16,18H,8,13-14,17H2,1-7H3/b12-10+. The molecule has 1 aromatic heterocycles. The van der Waals surface area contributed by atoms with E-state index in [2.05, 4.69) is 48.8 Å². The third-order valence-electron chi connectivity index (χ3n) is 5.39. The lowest BCUT2D eigenvalue weighted by atomic mass is 9.86. The molecule has 2 aromatic rings. The monoisotopic (exact) mass is 440 g/mol. The molecule has 1 unspecified atom stereocenters. The maximum atomic E-state index is 5.97. The third-order valence-corrected chi connectivity index (χ3v) is 5.39. The van der Waals surface area contributed by atoms with E-state index in [9.17, 15) is 0 Å². The predicted octanol–water partition coefficient (Wildman–Crippen LogP) is 5.04. The quantitative estimate of drug-likeness (QED) is 0.512. The Morgan fingerprint density at radius 3 is 2.59 bits per heavy atom. The number of nitrogens with zero attached hydrogens (tertiary/aromatic N) is 4. The van der Waals surface area contributed by atoms with E-state index >= 15 is 0 Å². The zero-order chi connectivity index (χ0) is 23.4. The summed E-state index contributed by atoms with van der Waals surface area (Å²) in [6, 6.07) is 6.11. The van der Waals surface area contributed by atoms with Crippen molar-refractivity contribution in [1.29, 1.82) is 0 Å². The van der Waals surface area contributed by atoms with Crippen molar-refractivity contribution in [3.8, 4) is 11.4 Å². The van der Waals surface area contributed by atoms with Crippen LogP contribution in [0.5, 0.6) is 5.75 Å². The number of amidine groups is 1. The molecule has 1 atom stereocenters. The Hall–Kier alpha value is -2.80. The second-order valence-electron chi connectivity index (χ2n) is 9.64. The highest BCUT2D eigenvalue weighted by Crippen LogP contribution is 2.36.